The second-order valence-corrected chi connectivity index (χ2v) is 5.73. The molecule has 0 amide bonds. The van der Waals surface area contributed by atoms with E-state index in [2.05, 4.69) is 17.2 Å². The van der Waals surface area contributed by atoms with E-state index in [1.165, 1.54) is 19.3 Å². The van der Waals surface area contributed by atoms with Crippen LogP contribution in [0.3, 0.4) is 0 Å². The summed E-state index contributed by atoms with van der Waals surface area (Å²) < 4.78 is 6.03. The van der Waals surface area contributed by atoms with Crippen LogP contribution in [-0.4, -0.2) is 18.1 Å². The Bertz CT molecular complexity index is 411. The van der Waals surface area contributed by atoms with E-state index in [0.717, 1.165) is 30.9 Å². The molecule has 1 heterocycles. The Morgan fingerprint density at radius 2 is 2.32 bits per heavy atom. The molecule has 0 saturated heterocycles. The Hall–Kier alpha value is -0.800. The summed E-state index contributed by atoms with van der Waals surface area (Å²) in [6.07, 6.45) is 8.15. The van der Waals surface area contributed by atoms with Gasteiger partial charge in [0.2, 0.25) is 5.88 Å². The zero-order valence-corrected chi connectivity index (χ0v) is 12.5. The van der Waals surface area contributed by atoms with Crippen LogP contribution in [0.1, 0.15) is 44.6 Å². The van der Waals surface area contributed by atoms with Gasteiger partial charge in [-0.15, -0.1) is 0 Å². The van der Waals surface area contributed by atoms with Crippen LogP contribution in [0.5, 0.6) is 5.88 Å². The van der Waals surface area contributed by atoms with E-state index in [0.29, 0.717) is 17.0 Å². The molecule has 0 spiro atoms. The molecule has 4 heteroatoms. The zero-order chi connectivity index (χ0) is 13.7. The van der Waals surface area contributed by atoms with E-state index in [-0.39, 0.29) is 0 Å². The standard InChI is InChI=1S/C15H23ClN2O/c1-3-11-5-4-6-13(7-11)19-15-8-12(9-17-2)14(16)10-18-15/h8,10-11,13,17H,3-7,9H2,1-2H3. The van der Waals surface area contributed by atoms with Crippen molar-refractivity contribution >= 4 is 11.6 Å². The van der Waals surface area contributed by atoms with E-state index in [1.54, 1.807) is 6.20 Å². The highest BCUT2D eigenvalue weighted by Crippen LogP contribution is 2.29. The summed E-state index contributed by atoms with van der Waals surface area (Å²) in [4.78, 5) is 4.28. The number of aromatic nitrogens is 1. The summed E-state index contributed by atoms with van der Waals surface area (Å²) in [5, 5.41) is 3.80. The van der Waals surface area contributed by atoms with Gasteiger partial charge < -0.3 is 10.1 Å². The number of rotatable bonds is 5. The molecule has 0 aliphatic heterocycles. The summed E-state index contributed by atoms with van der Waals surface area (Å²) in [7, 11) is 1.91. The molecular formula is C15H23ClN2O. The van der Waals surface area contributed by atoms with Crippen LogP contribution >= 0.6 is 11.6 Å². The minimum Gasteiger partial charge on any atom is -0.474 e. The van der Waals surface area contributed by atoms with E-state index >= 15 is 0 Å². The molecule has 3 nitrogen and oxygen atoms in total. The molecule has 2 atom stereocenters. The third-order valence-electron chi connectivity index (χ3n) is 3.88. The summed E-state index contributed by atoms with van der Waals surface area (Å²) in [6, 6.07) is 1.95. The molecule has 1 aromatic rings. The molecule has 1 aliphatic carbocycles. The molecule has 1 fully saturated rings. The van der Waals surface area contributed by atoms with Crippen LogP contribution in [0, 0.1) is 5.92 Å². The van der Waals surface area contributed by atoms with E-state index in [4.69, 9.17) is 16.3 Å². The number of nitrogens with zero attached hydrogens (tertiary/aromatic N) is 1. The Morgan fingerprint density at radius 1 is 1.47 bits per heavy atom. The van der Waals surface area contributed by atoms with Crippen molar-refractivity contribution in [2.75, 3.05) is 7.05 Å². The van der Waals surface area contributed by atoms with Crippen molar-refractivity contribution in [1.29, 1.82) is 0 Å². The number of ether oxygens (including phenoxy) is 1. The molecule has 2 rings (SSSR count). The fourth-order valence-electron chi connectivity index (χ4n) is 2.74. The number of halogens is 1. The van der Waals surface area contributed by atoms with E-state index < -0.39 is 0 Å². The van der Waals surface area contributed by atoms with Gasteiger partial charge in [0.05, 0.1) is 5.02 Å². The van der Waals surface area contributed by atoms with Crippen LogP contribution in [0.2, 0.25) is 5.02 Å². The molecule has 0 radical (unpaired) electrons. The molecule has 0 aromatic carbocycles. The molecule has 106 valence electrons. The predicted octanol–water partition coefficient (Wildman–Crippen LogP) is 3.80. The van der Waals surface area contributed by atoms with Crippen LogP contribution in [-0.2, 0) is 6.54 Å². The van der Waals surface area contributed by atoms with Gasteiger partial charge in [-0.3, -0.25) is 0 Å². The van der Waals surface area contributed by atoms with Crippen molar-refractivity contribution in [3.05, 3.63) is 22.8 Å². The van der Waals surface area contributed by atoms with E-state index in [1.807, 2.05) is 13.1 Å². The average Bonchev–Trinajstić information content (AvgIpc) is 2.43. The van der Waals surface area contributed by atoms with Gasteiger partial charge in [-0.05, 0) is 37.8 Å². The normalized spacial score (nSPS) is 23.3. The first-order chi connectivity index (χ1) is 9.22. The van der Waals surface area contributed by atoms with E-state index in [9.17, 15) is 0 Å². The van der Waals surface area contributed by atoms with Crippen LogP contribution < -0.4 is 10.1 Å². The summed E-state index contributed by atoms with van der Waals surface area (Å²) in [5.74, 6) is 1.51. The first-order valence-corrected chi connectivity index (χ1v) is 7.56. The van der Waals surface area contributed by atoms with Crippen molar-refractivity contribution in [3.63, 3.8) is 0 Å². The van der Waals surface area contributed by atoms with Gasteiger partial charge >= 0.3 is 0 Å². The van der Waals surface area contributed by atoms with Gasteiger partial charge in [0.15, 0.2) is 0 Å². The fraction of sp³-hybridized carbons (Fsp3) is 0.667. The SMILES string of the molecule is CCC1CCCC(Oc2cc(CNC)c(Cl)cn2)C1. The number of hydrogen-bond acceptors (Lipinski definition) is 3. The maximum absolute atomic E-state index is 6.11. The third-order valence-corrected chi connectivity index (χ3v) is 4.22. The highest BCUT2D eigenvalue weighted by atomic mass is 35.5. The van der Waals surface area contributed by atoms with Crippen molar-refractivity contribution in [1.82, 2.24) is 10.3 Å². The van der Waals surface area contributed by atoms with Crippen molar-refractivity contribution in [2.24, 2.45) is 5.92 Å². The van der Waals surface area contributed by atoms with Gasteiger partial charge in [-0.2, -0.15) is 0 Å². The van der Waals surface area contributed by atoms with Crippen molar-refractivity contribution in [2.45, 2.75) is 51.7 Å². The summed E-state index contributed by atoms with van der Waals surface area (Å²) in [5.41, 5.74) is 1.04. The van der Waals surface area contributed by atoms with Gasteiger partial charge in [0.25, 0.3) is 0 Å². The number of nitrogens with one attached hydrogen (secondary N) is 1. The number of hydrogen-bond donors (Lipinski definition) is 1. The van der Waals surface area contributed by atoms with Crippen LogP contribution in [0.15, 0.2) is 12.3 Å². The molecule has 1 aliphatic rings. The largest absolute Gasteiger partial charge is 0.474 e. The van der Waals surface area contributed by atoms with Crippen molar-refractivity contribution < 1.29 is 4.74 Å². The Labute approximate surface area is 120 Å². The lowest BCUT2D eigenvalue weighted by atomic mass is 9.85. The highest BCUT2D eigenvalue weighted by molar-refractivity contribution is 6.31. The third kappa shape index (κ3) is 4.08. The lowest BCUT2D eigenvalue weighted by Crippen LogP contribution is -2.25. The average molecular weight is 283 g/mol. The Kier molecular flexibility index (Phi) is 5.46. The lowest BCUT2D eigenvalue weighted by molar-refractivity contribution is 0.117. The minimum atomic E-state index is 0.315. The maximum atomic E-state index is 6.11. The Morgan fingerprint density at radius 3 is 3.05 bits per heavy atom. The predicted molar refractivity (Wildman–Crippen MR) is 78.7 cm³/mol. The Balaban J connectivity index is 2.00. The van der Waals surface area contributed by atoms with Gasteiger partial charge in [-0.1, -0.05) is 31.4 Å². The zero-order valence-electron chi connectivity index (χ0n) is 11.8. The topological polar surface area (TPSA) is 34.1 Å². The second kappa shape index (κ2) is 7.11. The lowest BCUT2D eigenvalue weighted by Gasteiger charge is -2.28. The summed E-state index contributed by atoms with van der Waals surface area (Å²) in [6.45, 7) is 3.00. The maximum Gasteiger partial charge on any atom is 0.213 e. The van der Waals surface area contributed by atoms with Crippen LogP contribution in [0.4, 0.5) is 0 Å². The van der Waals surface area contributed by atoms with Crippen LogP contribution in [0.25, 0.3) is 0 Å². The van der Waals surface area contributed by atoms with Gasteiger partial charge in [-0.25, -0.2) is 4.98 Å². The molecule has 2 unspecified atom stereocenters. The van der Waals surface area contributed by atoms with Crippen molar-refractivity contribution in [3.8, 4) is 5.88 Å². The molecule has 1 N–H and O–H groups in total. The smallest absolute Gasteiger partial charge is 0.213 e. The monoisotopic (exact) mass is 282 g/mol. The quantitative estimate of drug-likeness (QED) is 0.892. The highest BCUT2D eigenvalue weighted by Gasteiger charge is 2.22. The summed E-state index contributed by atoms with van der Waals surface area (Å²) >= 11 is 6.11. The first kappa shape index (κ1) is 14.6. The molecule has 1 saturated carbocycles. The van der Waals surface area contributed by atoms with Gasteiger partial charge in [0.1, 0.15) is 6.10 Å². The number of pyridine rings is 1. The first-order valence-electron chi connectivity index (χ1n) is 7.18. The minimum absolute atomic E-state index is 0.315. The molecular weight excluding hydrogens is 260 g/mol. The second-order valence-electron chi connectivity index (χ2n) is 5.33. The van der Waals surface area contributed by atoms with Gasteiger partial charge in [0, 0.05) is 18.8 Å². The fourth-order valence-corrected chi connectivity index (χ4v) is 2.91. The molecule has 19 heavy (non-hydrogen) atoms. The molecule has 0 bridgehead atoms. The molecule has 1 aromatic heterocycles.